The second kappa shape index (κ2) is 28.6. The standard InChI is InChI=1S/C39H66N7O17P3S/c1-4-5-6-7-8-9-10-11-12-13-14-15-16-17-18-19-30(48)67-23-22-41-29(47)20-21-42-37(51)34(50)39(2,3)25-60-66(57,58)63-65(55,56)59-24-28-33(62-64(52,53)54)32(49)38(61-28)46-27-45-31-35(40)43-26-44-36(31)46/h14-15,18-19,26-28,32-34,38,49-50H,4-13,16-17,20-25H2,1-3H3,(H,41,47)(H,42,51)(H,55,56)(H,57,58)(H2,40,43,44)(H2,52,53,54)/b15-14-,19-18+/t28-,32-,33-,34+,38-/m1/s1. The van der Waals surface area contributed by atoms with Crippen LogP contribution in [0, 0.1) is 5.41 Å². The maximum absolute atomic E-state index is 12.7. The van der Waals surface area contributed by atoms with E-state index in [0.29, 0.717) is 5.75 Å². The van der Waals surface area contributed by atoms with E-state index in [2.05, 4.69) is 53.5 Å². The largest absolute Gasteiger partial charge is 0.481 e. The van der Waals surface area contributed by atoms with Gasteiger partial charge in [0.05, 0.1) is 19.5 Å². The number of nitrogens with zero attached hydrogens (tertiary/aromatic N) is 4. The van der Waals surface area contributed by atoms with Crippen molar-refractivity contribution in [3.8, 4) is 0 Å². The second-order valence-electron chi connectivity index (χ2n) is 16.3. The molecular formula is C39H66N7O17P3S. The van der Waals surface area contributed by atoms with Crippen molar-refractivity contribution in [2.45, 2.75) is 135 Å². The van der Waals surface area contributed by atoms with Crippen molar-refractivity contribution in [3.63, 3.8) is 0 Å². The van der Waals surface area contributed by atoms with Crippen molar-refractivity contribution in [3.05, 3.63) is 37.0 Å². The number of amides is 2. The lowest BCUT2D eigenvalue weighted by molar-refractivity contribution is -0.137. The Bertz CT molecular complexity index is 2090. The Morgan fingerprint density at radius 2 is 1.55 bits per heavy atom. The Kier molecular flexibility index (Phi) is 24.9. The smallest absolute Gasteiger partial charge is 0.386 e. The summed E-state index contributed by atoms with van der Waals surface area (Å²) in [5.41, 5.74) is 4.27. The number of carbonyl (C=O) groups excluding carboxylic acids is 3. The normalized spacial score (nSPS) is 20.3. The highest BCUT2D eigenvalue weighted by atomic mass is 32.2. The molecule has 2 amide bonds. The third kappa shape index (κ3) is 21.7. The molecule has 0 radical (unpaired) electrons. The van der Waals surface area contributed by atoms with Crippen molar-refractivity contribution in [2.75, 3.05) is 37.8 Å². The molecule has 7 atom stereocenters. The molecule has 0 aromatic carbocycles. The van der Waals surface area contributed by atoms with Gasteiger partial charge in [-0.25, -0.2) is 28.6 Å². The number of aliphatic hydroxyl groups is 2. The number of fused-ring (bicyclic) bond motifs is 1. The molecule has 0 aliphatic carbocycles. The molecule has 2 unspecified atom stereocenters. The van der Waals surface area contributed by atoms with E-state index in [1.54, 1.807) is 0 Å². The monoisotopic (exact) mass is 1030 g/mol. The molecule has 0 spiro atoms. The Balaban J connectivity index is 1.32. The third-order valence-corrected chi connectivity index (χ3v) is 14.1. The van der Waals surface area contributed by atoms with Crippen molar-refractivity contribution >= 4 is 69.1 Å². The highest BCUT2D eigenvalue weighted by Gasteiger charge is 2.50. The van der Waals surface area contributed by atoms with Crippen LogP contribution in [0.5, 0.6) is 0 Å². The van der Waals surface area contributed by atoms with Gasteiger partial charge >= 0.3 is 23.5 Å². The Morgan fingerprint density at radius 1 is 0.910 bits per heavy atom. The first-order valence-corrected chi connectivity index (χ1v) is 27.4. The van der Waals surface area contributed by atoms with Gasteiger partial charge in [-0.1, -0.05) is 102 Å². The number of nitrogens with one attached hydrogen (secondary N) is 2. The zero-order valence-corrected chi connectivity index (χ0v) is 41.4. The second-order valence-corrected chi connectivity index (χ2v) is 21.6. The number of imidazole rings is 1. The van der Waals surface area contributed by atoms with Crippen LogP contribution in [0.1, 0.15) is 110 Å². The predicted molar refractivity (Wildman–Crippen MR) is 246 cm³/mol. The minimum atomic E-state index is -5.58. The number of aromatic nitrogens is 4. The number of nitrogen functional groups attached to an aromatic ring is 1. The minimum Gasteiger partial charge on any atom is -0.386 e. The fourth-order valence-corrected chi connectivity index (χ4v) is 9.94. The lowest BCUT2D eigenvalue weighted by Gasteiger charge is -2.30. The van der Waals surface area contributed by atoms with E-state index in [1.165, 1.54) is 77.7 Å². The van der Waals surface area contributed by atoms with E-state index in [1.807, 2.05) is 6.08 Å². The summed E-state index contributed by atoms with van der Waals surface area (Å²) in [6.07, 6.45) is 15.1. The number of carbonyl (C=O) groups is 3. The summed E-state index contributed by atoms with van der Waals surface area (Å²) in [7, 11) is -16.4. The summed E-state index contributed by atoms with van der Waals surface area (Å²) in [6, 6.07) is 0. The molecule has 380 valence electrons. The van der Waals surface area contributed by atoms with Gasteiger partial charge in [-0.3, -0.25) is 32.5 Å². The third-order valence-electron chi connectivity index (χ3n) is 10.1. The van der Waals surface area contributed by atoms with Crippen molar-refractivity contribution in [2.24, 2.45) is 5.41 Å². The van der Waals surface area contributed by atoms with Gasteiger partial charge in [-0.2, -0.15) is 4.31 Å². The van der Waals surface area contributed by atoms with Crippen LogP contribution in [0.15, 0.2) is 37.0 Å². The molecule has 3 rings (SSSR count). The van der Waals surface area contributed by atoms with Crippen LogP contribution in [0.3, 0.4) is 0 Å². The Morgan fingerprint density at radius 3 is 2.24 bits per heavy atom. The van der Waals surface area contributed by atoms with Crippen molar-refractivity contribution in [1.82, 2.24) is 30.2 Å². The predicted octanol–water partition coefficient (Wildman–Crippen LogP) is 4.48. The van der Waals surface area contributed by atoms with Crippen LogP contribution in [-0.2, 0) is 50.7 Å². The number of thioether (sulfide) groups is 1. The fraction of sp³-hybridized carbons (Fsp3) is 0.692. The number of hydrogen-bond acceptors (Lipinski definition) is 18. The minimum absolute atomic E-state index is 0.0313. The number of allylic oxidation sites excluding steroid dienone is 3. The maximum atomic E-state index is 12.7. The molecule has 1 aliphatic rings. The first-order valence-electron chi connectivity index (χ1n) is 21.9. The first kappa shape index (κ1) is 58.4. The summed E-state index contributed by atoms with van der Waals surface area (Å²) in [5, 5.41) is 26.4. The number of nitrogens with two attached hydrogens (primary N) is 1. The van der Waals surface area contributed by atoms with Crippen molar-refractivity contribution < 1.29 is 80.5 Å². The molecule has 2 aromatic heterocycles. The van der Waals surface area contributed by atoms with Gasteiger partial charge in [0.15, 0.2) is 17.7 Å². The summed E-state index contributed by atoms with van der Waals surface area (Å²) in [4.78, 5) is 88.2. The number of unbranched alkanes of at least 4 members (excludes halogenated alkanes) is 10. The van der Waals surface area contributed by atoms with Crippen molar-refractivity contribution in [1.29, 1.82) is 0 Å². The molecule has 1 saturated heterocycles. The number of hydrogen-bond donors (Lipinski definition) is 9. The van der Waals surface area contributed by atoms with Gasteiger partial charge in [-0.05, 0) is 31.8 Å². The molecule has 2 aromatic rings. The zero-order chi connectivity index (χ0) is 49.7. The highest BCUT2D eigenvalue weighted by Crippen LogP contribution is 2.61. The SMILES string of the molecule is CCCCCCCCCCC/C=C\CC/C=C/C(=O)SCCNC(=O)CCNC(=O)[C@H](O)C(C)(C)COP(=O)(O)OP(=O)(O)OC[C@H]1O[C@@H](n2cnc3c(N)ncnc32)[C@H](O)[C@@H]1OP(=O)(O)O. The summed E-state index contributed by atoms with van der Waals surface area (Å²) in [6.45, 7) is 2.72. The number of ether oxygens (including phenoxy) is 1. The summed E-state index contributed by atoms with van der Waals surface area (Å²) >= 11 is 1.05. The molecule has 3 heterocycles. The number of anilines is 1. The topological polar surface area (TPSA) is 364 Å². The summed E-state index contributed by atoms with van der Waals surface area (Å²) < 4.78 is 62.4. The first-order chi connectivity index (χ1) is 31.6. The van der Waals surface area contributed by atoms with Crippen LogP contribution < -0.4 is 16.4 Å². The maximum Gasteiger partial charge on any atom is 0.481 e. The lowest BCUT2D eigenvalue weighted by atomic mass is 9.87. The van der Waals surface area contributed by atoms with E-state index < -0.39 is 84.6 Å². The van der Waals surface area contributed by atoms with Crippen LogP contribution in [0.2, 0.25) is 0 Å². The number of phosphoric ester groups is 3. The lowest BCUT2D eigenvalue weighted by Crippen LogP contribution is -2.46. The molecule has 10 N–H and O–H groups in total. The van der Waals surface area contributed by atoms with E-state index in [0.717, 1.165) is 48.2 Å². The number of aliphatic hydroxyl groups excluding tert-OH is 2. The average molecular weight is 1030 g/mol. The van der Waals surface area contributed by atoms with E-state index >= 15 is 0 Å². The Labute approximate surface area is 393 Å². The number of rotatable bonds is 33. The quantitative estimate of drug-likeness (QED) is 0.0206. The van der Waals surface area contributed by atoms with E-state index in [9.17, 15) is 57.9 Å². The molecule has 0 bridgehead atoms. The van der Waals surface area contributed by atoms with Gasteiger partial charge < -0.3 is 50.9 Å². The van der Waals surface area contributed by atoms with Gasteiger partial charge in [0.1, 0.15) is 36.3 Å². The molecule has 24 nitrogen and oxygen atoms in total. The van der Waals surface area contributed by atoms with Crippen LogP contribution in [0.4, 0.5) is 5.82 Å². The van der Waals surface area contributed by atoms with Gasteiger partial charge in [-0.15, -0.1) is 0 Å². The van der Waals surface area contributed by atoms with Gasteiger partial charge in [0, 0.05) is 30.7 Å². The van der Waals surface area contributed by atoms with Crippen LogP contribution in [-0.4, -0.2) is 123 Å². The molecule has 1 aliphatic heterocycles. The molecule has 28 heteroatoms. The average Bonchev–Trinajstić information content (AvgIpc) is 3.81. The molecule has 1 fully saturated rings. The van der Waals surface area contributed by atoms with Crippen LogP contribution >= 0.6 is 35.2 Å². The highest BCUT2D eigenvalue weighted by molar-refractivity contribution is 8.14. The van der Waals surface area contributed by atoms with Gasteiger partial charge in [0.2, 0.25) is 16.9 Å². The molecular weight excluding hydrogens is 963 g/mol. The molecule has 67 heavy (non-hydrogen) atoms. The van der Waals surface area contributed by atoms with Gasteiger partial charge in [0.25, 0.3) is 0 Å². The van der Waals surface area contributed by atoms with E-state index in [4.69, 9.17) is 19.5 Å². The number of phosphoric acid groups is 3. The molecule has 0 saturated carbocycles. The van der Waals surface area contributed by atoms with Crippen LogP contribution in [0.25, 0.3) is 11.2 Å². The summed E-state index contributed by atoms with van der Waals surface area (Å²) in [5.74, 6) is -1.12. The Hall–Kier alpha value is -2.96. The van der Waals surface area contributed by atoms with E-state index in [-0.39, 0.29) is 41.6 Å². The fourth-order valence-electron chi connectivity index (χ4n) is 6.51. The zero-order valence-electron chi connectivity index (χ0n) is 37.9.